The van der Waals surface area contributed by atoms with Gasteiger partial charge in [0.15, 0.2) is 5.78 Å². The Kier molecular flexibility index (Phi) is 3.75. The lowest BCUT2D eigenvalue weighted by Crippen LogP contribution is -2.19. The fourth-order valence-electron chi connectivity index (χ4n) is 1.08. The first kappa shape index (κ1) is 11.3. The molecule has 1 aromatic carbocycles. The number of phenolic OH excluding ortho intramolecular Hbond substituents is 1. The lowest BCUT2D eigenvalue weighted by Gasteiger charge is -2.06. The number of likely N-dealkylation sites (N-methyl/N-ethyl adjacent to an activating group) is 1. The van der Waals surface area contributed by atoms with Crippen LogP contribution in [0.1, 0.15) is 10.4 Å². The maximum absolute atomic E-state index is 11.5. The molecule has 0 saturated carbocycles. The zero-order chi connectivity index (χ0) is 10.7. The summed E-state index contributed by atoms with van der Waals surface area (Å²) in [5.41, 5.74) is 0.237. The molecule has 0 saturated heterocycles. The Morgan fingerprint density at radius 2 is 1.93 bits per heavy atom. The number of hydrogen-bond acceptors (Lipinski definition) is 3. The van der Waals surface area contributed by atoms with Crippen LogP contribution in [0.15, 0.2) is 12.1 Å². The van der Waals surface area contributed by atoms with Gasteiger partial charge >= 0.3 is 0 Å². The number of rotatable bonds is 3. The van der Waals surface area contributed by atoms with E-state index in [4.69, 9.17) is 28.3 Å². The lowest BCUT2D eigenvalue weighted by atomic mass is 10.1. The van der Waals surface area contributed by atoms with Crippen LogP contribution in [0.5, 0.6) is 5.75 Å². The summed E-state index contributed by atoms with van der Waals surface area (Å²) in [5.74, 6) is -0.261. The maximum Gasteiger partial charge on any atom is 0.179 e. The van der Waals surface area contributed by atoms with E-state index in [2.05, 4.69) is 5.32 Å². The van der Waals surface area contributed by atoms with Gasteiger partial charge in [-0.1, -0.05) is 23.2 Å². The molecule has 0 aliphatic carbocycles. The van der Waals surface area contributed by atoms with Crippen molar-refractivity contribution in [3.63, 3.8) is 0 Å². The average Bonchev–Trinajstić information content (AvgIpc) is 2.01. The molecule has 0 amide bonds. The number of halogens is 2. The van der Waals surface area contributed by atoms with E-state index >= 15 is 0 Å². The Balaban J connectivity index is 3.14. The van der Waals surface area contributed by atoms with Crippen molar-refractivity contribution in [3.05, 3.63) is 27.7 Å². The van der Waals surface area contributed by atoms with Crippen LogP contribution < -0.4 is 5.32 Å². The molecule has 0 aliphatic rings. The molecule has 1 aromatic rings. The Bertz CT molecular complexity index is 343. The summed E-state index contributed by atoms with van der Waals surface area (Å²) >= 11 is 11.5. The van der Waals surface area contributed by atoms with Gasteiger partial charge in [-0.2, -0.15) is 0 Å². The fraction of sp³-hybridized carbons (Fsp3) is 0.222. The Morgan fingerprint density at radius 3 is 2.36 bits per heavy atom. The average molecular weight is 234 g/mol. The number of Topliss-reactive ketones (excluding diaryl/α,β-unsaturated/α-hetero) is 1. The highest BCUT2D eigenvalue weighted by Gasteiger charge is 2.14. The first-order valence-corrected chi connectivity index (χ1v) is 4.67. The van der Waals surface area contributed by atoms with Crippen molar-refractivity contribution < 1.29 is 9.90 Å². The van der Waals surface area contributed by atoms with Crippen molar-refractivity contribution in [2.45, 2.75) is 0 Å². The largest absolute Gasteiger partial charge is 0.508 e. The first-order chi connectivity index (χ1) is 6.56. The summed E-state index contributed by atoms with van der Waals surface area (Å²) in [4.78, 5) is 11.5. The van der Waals surface area contributed by atoms with Crippen LogP contribution >= 0.6 is 23.2 Å². The molecule has 0 radical (unpaired) electrons. The second-order valence-corrected chi connectivity index (χ2v) is 3.55. The van der Waals surface area contributed by atoms with Gasteiger partial charge in [-0.05, 0) is 19.2 Å². The van der Waals surface area contributed by atoms with Crippen LogP contribution in [-0.4, -0.2) is 24.5 Å². The minimum Gasteiger partial charge on any atom is -0.508 e. The third-order valence-electron chi connectivity index (χ3n) is 1.64. The van der Waals surface area contributed by atoms with Crippen LogP contribution in [0.4, 0.5) is 0 Å². The molecule has 0 unspecified atom stereocenters. The number of aromatic hydroxyl groups is 1. The Morgan fingerprint density at radius 1 is 1.43 bits per heavy atom. The smallest absolute Gasteiger partial charge is 0.179 e. The minimum atomic E-state index is -0.206. The quantitative estimate of drug-likeness (QED) is 0.787. The summed E-state index contributed by atoms with van der Waals surface area (Å²) in [7, 11) is 1.65. The van der Waals surface area contributed by atoms with Crippen molar-refractivity contribution in [1.82, 2.24) is 5.32 Å². The van der Waals surface area contributed by atoms with Crippen LogP contribution in [0, 0.1) is 0 Å². The van der Waals surface area contributed by atoms with E-state index in [1.807, 2.05) is 0 Å². The number of hydrogen-bond donors (Lipinski definition) is 2. The van der Waals surface area contributed by atoms with Gasteiger partial charge in [0.1, 0.15) is 5.75 Å². The van der Waals surface area contributed by atoms with Crippen molar-refractivity contribution in [2.24, 2.45) is 0 Å². The van der Waals surface area contributed by atoms with E-state index < -0.39 is 0 Å². The van der Waals surface area contributed by atoms with Crippen molar-refractivity contribution in [1.29, 1.82) is 0 Å². The standard InChI is InChI=1S/C9H9Cl2NO2/c1-12-4-8(14)9-6(10)2-5(13)3-7(9)11/h2-3,12-13H,4H2,1H3. The third kappa shape index (κ3) is 2.38. The summed E-state index contributed by atoms with van der Waals surface area (Å²) in [6, 6.07) is 2.58. The molecule has 0 heterocycles. The van der Waals surface area contributed by atoms with Crippen LogP contribution in [-0.2, 0) is 0 Å². The predicted molar refractivity (Wildman–Crippen MR) is 56.4 cm³/mol. The second kappa shape index (κ2) is 4.64. The van der Waals surface area contributed by atoms with E-state index in [0.717, 1.165) is 0 Å². The van der Waals surface area contributed by atoms with Crippen LogP contribution in [0.3, 0.4) is 0 Å². The molecule has 0 aliphatic heterocycles. The summed E-state index contributed by atoms with van der Waals surface area (Å²) in [6.07, 6.45) is 0. The SMILES string of the molecule is CNCC(=O)c1c(Cl)cc(O)cc1Cl. The van der Waals surface area contributed by atoms with Gasteiger partial charge in [0, 0.05) is 0 Å². The van der Waals surface area contributed by atoms with E-state index in [0.29, 0.717) is 0 Å². The molecule has 0 atom stereocenters. The third-order valence-corrected chi connectivity index (χ3v) is 2.24. The van der Waals surface area contributed by atoms with Gasteiger partial charge in [-0.25, -0.2) is 0 Å². The van der Waals surface area contributed by atoms with E-state index in [1.165, 1.54) is 12.1 Å². The zero-order valence-electron chi connectivity index (χ0n) is 7.47. The van der Waals surface area contributed by atoms with Gasteiger partial charge in [-0.3, -0.25) is 4.79 Å². The molecular weight excluding hydrogens is 225 g/mol. The number of phenols is 1. The topological polar surface area (TPSA) is 49.3 Å². The van der Waals surface area contributed by atoms with Crippen molar-refractivity contribution in [2.75, 3.05) is 13.6 Å². The fourth-order valence-corrected chi connectivity index (χ4v) is 1.76. The number of nitrogens with one attached hydrogen (secondary N) is 1. The number of ketones is 1. The first-order valence-electron chi connectivity index (χ1n) is 3.92. The summed E-state index contributed by atoms with van der Waals surface area (Å²) in [5, 5.41) is 12.2. The van der Waals surface area contributed by atoms with E-state index in [9.17, 15) is 4.79 Å². The lowest BCUT2D eigenvalue weighted by molar-refractivity contribution is 0.0994. The number of carbonyl (C=O) groups is 1. The van der Waals surface area contributed by atoms with Gasteiger partial charge in [0.05, 0.1) is 22.2 Å². The molecule has 3 nitrogen and oxygen atoms in total. The highest BCUT2D eigenvalue weighted by atomic mass is 35.5. The van der Waals surface area contributed by atoms with E-state index in [1.54, 1.807) is 7.05 Å². The molecular formula is C9H9Cl2NO2. The summed E-state index contributed by atoms with van der Waals surface area (Å²) in [6.45, 7) is 0.157. The monoisotopic (exact) mass is 233 g/mol. The van der Waals surface area contributed by atoms with Gasteiger partial charge in [-0.15, -0.1) is 0 Å². The minimum absolute atomic E-state index is 0.0546. The van der Waals surface area contributed by atoms with Crippen LogP contribution in [0.2, 0.25) is 10.0 Å². The number of carbonyl (C=O) groups excluding carboxylic acids is 1. The Hall–Kier alpha value is -0.770. The molecule has 0 fully saturated rings. The zero-order valence-corrected chi connectivity index (χ0v) is 8.99. The highest BCUT2D eigenvalue weighted by Crippen LogP contribution is 2.29. The van der Waals surface area contributed by atoms with Crippen molar-refractivity contribution in [3.8, 4) is 5.75 Å². The van der Waals surface area contributed by atoms with Gasteiger partial charge < -0.3 is 10.4 Å². The molecule has 14 heavy (non-hydrogen) atoms. The molecule has 0 aromatic heterocycles. The predicted octanol–water partition coefficient (Wildman–Crippen LogP) is 2.10. The molecule has 2 N–H and O–H groups in total. The molecule has 76 valence electrons. The molecule has 0 bridgehead atoms. The van der Waals surface area contributed by atoms with Gasteiger partial charge in [0.2, 0.25) is 0 Å². The van der Waals surface area contributed by atoms with Crippen molar-refractivity contribution >= 4 is 29.0 Å². The van der Waals surface area contributed by atoms with Crippen LogP contribution in [0.25, 0.3) is 0 Å². The molecule has 5 heteroatoms. The second-order valence-electron chi connectivity index (χ2n) is 2.74. The highest BCUT2D eigenvalue weighted by molar-refractivity contribution is 6.40. The summed E-state index contributed by atoms with van der Waals surface area (Å²) < 4.78 is 0. The maximum atomic E-state index is 11.5. The number of benzene rings is 1. The normalized spacial score (nSPS) is 10.2. The Labute approximate surface area is 91.6 Å². The van der Waals surface area contributed by atoms with Gasteiger partial charge in [0.25, 0.3) is 0 Å². The molecule has 1 rings (SSSR count). The van der Waals surface area contributed by atoms with E-state index in [-0.39, 0.29) is 33.7 Å². The molecule has 0 spiro atoms.